The van der Waals surface area contributed by atoms with Crippen LogP contribution in [0.3, 0.4) is 0 Å². The number of rotatable bonds is 7. The maximum absolute atomic E-state index is 11.9. The molecule has 2 rings (SSSR count). The second-order valence-electron chi connectivity index (χ2n) is 5.00. The van der Waals surface area contributed by atoms with Crippen molar-refractivity contribution in [2.75, 3.05) is 13.7 Å². The molecule has 27 heavy (non-hydrogen) atoms. The molecule has 0 bridgehead atoms. The predicted octanol–water partition coefficient (Wildman–Crippen LogP) is 3.36. The van der Waals surface area contributed by atoms with Crippen molar-refractivity contribution < 1.29 is 24.3 Å². The minimum absolute atomic E-state index is 0.0403. The lowest BCUT2D eigenvalue weighted by atomic mass is 10.2. The second kappa shape index (κ2) is 9.33. The number of halogens is 2. The summed E-state index contributed by atoms with van der Waals surface area (Å²) in [5, 5.41) is 24.0. The van der Waals surface area contributed by atoms with Gasteiger partial charge < -0.3 is 14.6 Å². The van der Waals surface area contributed by atoms with Crippen LogP contribution in [0.15, 0.2) is 44.4 Å². The van der Waals surface area contributed by atoms with Crippen LogP contribution in [0.4, 0.5) is 5.69 Å². The summed E-state index contributed by atoms with van der Waals surface area (Å²) in [7, 11) is 1.47. The Morgan fingerprint density at radius 3 is 2.78 bits per heavy atom. The number of phenols is 1. The number of methoxy groups -OCH3 is 1. The normalized spacial score (nSPS) is 10.6. The Balaban J connectivity index is 2.01. The molecule has 0 unspecified atom stereocenters. The van der Waals surface area contributed by atoms with Crippen molar-refractivity contribution in [2.24, 2.45) is 5.10 Å². The van der Waals surface area contributed by atoms with Crippen LogP contribution < -0.4 is 14.9 Å². The highest BCUT2D eigenvalue weighted by Gasteiger charge is 2.14. The number of amides is 1. The monoisotopic (exact) mass is 501 g/mol. The zero-order valence-electron chi connectivity index (χ0n) is 13.8. The van der Waals surface area contributed by atoms with Crippen LogP contribution in [0.1, 0.15) is 5.56 Å². The number of benzene rings is 2. The quantitative estimate of drug-likeness (QED) is 0.340. The number of nitrogens with zero attached hydrogens (tertiary/aromatic N) is 2. The fraction of sp³-hybridized carbons (Fsp3) is 0.125. The fourth-order valence-corrected chi connectivity index (χ4v) is 3.28. The predicted molar refractivity (Wildman–Crippen MR) is 104 cm³/mol. The minimum atomic E-state index is -0.622. The SMILES string of the molecule is COc1cc(Br)cc(Br)c1OCC(=O)NN=Cc1cc(O)ccc1[N+](=O)[O-]. The average molecular weight is 503 g/mol. The number of hydrogen-bond donors (Lipinski definition) is 2. The summed E-state index contributed by atoms with van der Waals surface area (Å²) in [6.07, 6.45) is 1.06. The third-order valence-electron chi connectivity index (χ3n) is 3.14. The first-order valence-corrected chi connectivity index (χ1v) is 8.85. The van der Waals surface area contributed by atoms with Crippen molar-refractivity contribution in [3.8, 4) is 17.2 Å². The zero-order valence-corrected chi connectivity index (χ0v) is 17.0. The number of aromatic hydroxyl groups is 1. The molecule has 9 nitrogen and oxygen atoms in total. The van der Waals surface area contributed by atoms with Crippen LogP contribution in [0.2, 0.25) is 0 Å². The number of nitro benzene ring substituents is 1. The standard InChI is InChI=1S/C16H13Br2N3O6/c1-26-14-6-10(17)5-12(18)16(14)27-8-15(23)20-19-7-9-4-11(22)2-3-13(9)21(24)25/h2-7,22H,8H2,1H3,(H,20,23). The topological polar surface area (TPSA) is 123 Å². The van der Waals surface area contributed by atoms with E-state index in [2.05, 4.69) is 42.4 Å². The van der Waals surface area contributed by atoms with E-state index < -0.39 is 10.8 Å². The van der Waals surface area contributed by atoms with E-state index in [0.29, 0.717) is 16.0 Å². The third kappa shape index (κ3) is 5.66. The first kappa shape index (κ1) is 20.6. The summed E-state index contributed by atoms with van der Waals surface area (Å²) in [6, 6.07) is 6.89. The zero-order chi connectivity index (χ0) is 20.0. The van der Waals surface area contributed by atoms with Crippen LogP contribution in [-0.2, 0) is 4.79 Å². The summed E-state index contributed by atoms with van der Waals surface area (Å²) < 4.78 is 12.0. The molecule has 142 valence electrons. The first-order valence-electron chi connectivity index (χ1n) is 7.27. The largest absolute Gasteiger partial charge is 0.508 e. The van der Waals surface area contributed by atoms with E-state index in [4.69, 9.17) is 9.47 Å². The van der Waals surface area contributed by atoms with E-state index in [9.17, 15) is 20.0 Å². The number of hydrazone groups is 1. The van der Waals surface area contributed by atoms with Gasteiger partial charge in [0.05, 0.1) is 28.3 Å². The maximum atomic E-state index is 11.9. The Labute approximate surface area is 170 Å². The van der Waals surface area contributed by atoms with Crippen molar-refractivity contribution >= 4 is 49.7 Å². The molecule has 1 amide bonds. The van der Waals surface area contributed by atoms with Gasteiger partial charge in [-0.05, 0) is 40.2 Å². The van der Waals surface area contributed by atoms with Crippen molar-refractivity contribution in [3.63, 3.8) is 0 Å². The molecule has 0 atom stereocenters. The summed E-state index contributed by atoms with van der Waals surface area (Å²) in [4.78, 5) is 22.2. The fourth-order valence-electron chi connectivity index (χ4n) is 1.98. The summed E-state index contributed by atoms with van der Waals surface area (Å²) >= 11 is 6.63. The molecule has 0 saturated heterocycles. The molecular formula is C16H13Br2N3O6. The highest BCUT2D eigenvalue weighted by atomic mass is 79.9. The van der Waals surface area contributed by atoms with Gasteiger partial charge >= 0.3 is 0 Å². The Kier molecular flexibility index (Phi) is 7.13. The van der Waals surface area contributed by atoms with Crippen LogP contribution in [-0.4, -0.2) is 35.9 Å². The van der Waals surface area contributed by atoms with Crippen LogP contribution in [0.25, 0.3) is 0 Å². The molecule has 2 N–H and O–H groups in total. The highest BCUT2D eigenvalue weighted by molar-refractivity contribution is 9.11. The number of hydrogen-bond acceptors (Lipinski definition) is 7. The molecule has 0 radical (unpaired) electrons. The van der Waals surface area contributed by atoms with E-state index in [1.165, 1.54) is 13.2 Å². The summed E-state index contributed by atoms with van der Waals surface area (Å²) in [6.45, 7) is -0.365. The van der Waals surface area contributed by atoms with E-state index in [1.54, 1.807) is 12.1 Å². The van der Waals surface area contributed by atoms with E-state index >= 15 is 0 Å². The van der Waals surface area contributed by atoms with Gasteiger partial charge in [0.2, 0.25) is 0 Å². The molecule has 2 aromatic rings. The molecule has 0 fully saturated rings. The molecule has 0 aliphatic carbocycles. The number of nitro groups is 1. The molecule has 0 heterocycles. The van der Waals surface area contributed by atoms with Crippen LogP contribution in [0.5, 0.6) is 17.2 Å². The Bertz CT molecular complexity index is 904. The molecular weight excluding hydrogens is 490 g/mol. The van der Waals surface area contributed by atoms with Gasteiger partial charge in [-0.2, -0.15) is 5.10 Å². The molecule has 0 aromatic heterocycles. The number of ether oxygens (including phenoxy) is 2. The van der Waals surface area contributed by atoms with Gasteiger partial charge in [-0.1, -0.05) is 15.9 Å². The smallest absolute Gasteiger partial charge is 0.278 e. The molecule has 2 aromatic carbocycles. The maximum Gasteiger partial charge on any atom is 0.278 e. The molecule has 0 aliphatic heterocycles. The lowest BCUT2D eigenvalue weighted by molar-refractivity contribution is -0.385. The number of nitrogens with one attached hydrogen (secondary N) is 1. The third-order valence-corrected chi connectivity index (χ3v) is 4.19. The average Bonchev–Trinajstić information content (AvgIpc) is 2.60. The highest BCUT2D eigenvalue weighted by Crippen LogP contribution is 2.38. The second-order valence-corrected chi connectivity index (χ2v) is 6.77. The van der Waals surface area contributed by atoms with Crippen molar-refractivity contribution in [1.82, 2.24) is 5.43 Å². The van der Waals surface area contributed by atoms with E-state index in [0.717, 1.165) is 22.8 Å². The Morgan fingerprint density at radius 1 is 1.37 bits per heavy atom. The van der Waals surface area contributed by atoms with Gasteiger partial charge in [0, 0.05) is 10.5 Å². The van der Waals surface area contributed by atoms with Gasteiger partial charge in [0.25, 0.3) is 11.6 Å². The van der Waals surface area contributed by atoms with Gasteiger partial charge in [-0.15, -0.1) is 0 Å². The van der Waals surface area contributed by atoms with Crippen LogP contribution in [0, 0.1) is 10.1 Å². The summed E-state index contributed by atoms with van der Waals surface area (Å²) in [5.41, 5.74) is 1.97. The van der Waals surface area contributed by atoms with Crippen LogP contribution >= 0.6 is 31.9 Å². The van der Waals surface area contributed by atoms with Crippen molar-refractivity contribution in [1.29, 1.82) is 0 Å². The first-order chi connectivity index (χ1) is 12.8. The van der Waals surface area contributed by atoms with Gasteiger partial charge in [0.1, 0.15) is 5.75 Å². The van der Waals surface area contributed by atoms with Gasteiger partial charge in [-0.3, -0.25) is 14.9 Å². The summed E-state index contributed by atoms with van der Waals surface area (Å²) in [5.74, 6) is 0.00112. The lowest BCUT2D eigenvalue weighted by Gasteiger charge is -2.12. The lowest BCUT2D eigenvalue weighted by Crippen LogP contribution is -2.24. The molecule has 0 aliphatic rings. The van der Waals surface area contributed by atoms with Crippen molar-refractivity contribution in [3.05, 3.63) is 55.0 Å². The number of carbonyl (C=O) groups excluding carboxylic acids is 1. The minimum Gasteiger partial charge on any atom is -0.508 e. The Hall–Kier alpha value is -2.66. The molecule has 11 heteroatoms. The van der Waals surface area contributed by atoms with Gasteiger partial charge in [0.15, 0.2) is 18.1 Å². The van der Waals surface area contributed by atoms with E-state index in [1.807, 2.05) is 0 Å². The van der Waals surface area contributed by atoms with E-state index in [-0.39, 0.29) is 23.6 Å². The number of phenolic OH excluding ortho intramolecular Hbond substituents is 1. The number of carbonyl (C=O) groups is 1. The Morgan fingerprint density at radius 2 is 2.11 bits per heavy atom. The van der Waals surface area contributed by atoms with Gasteiger partial charge in [-0.25, -0.2) is 5.43 Å². The molecule has 0 saturated carbocycles. The molecule has 0 spiro atoms. The van der Waals surface area contributed by atoms with Crippen molar-refractivity contribution in [2.45, 2.75) is 0 Å².